The van der Waals surface area contributed by atoms with E-state index in [1.165, 1.54) is 11.1 Å². The lowest BCUT2D eigenvalue weighted by Gasteiger charge is -2.16. The lowest BCUT2D eigenvalue weighted by atomic mass is 9.96. The van der Waals surface area contributed by atoms with E-state index in [9.17, 15) is 4.79 Å². The molecule has 1 amide bonds. The van der Waals surface area contributed by atoms with Gasteiger partial charge < -0.3 is 10.3 Å². The fourth-order valence-corrected chi connectivity index (χ4v) is 3.46. The van der Waals surface area contributed by atoms with Crippen molar-refractivity contribution in [1.29, 1.82) is 0 Å². The van der Waals surface area contributed by atoms with E-state index in [4.69, 9.17) is 0 Å². The van der Waals surface area contributed by atoms with Crippen LogP contribution in [0.25, 0.3) is 10.9 Å². The summed E-state index contributed by atoms with van der Waals surface area (Å²) in [5.74, 6) is 0.0114. The summed E-state index contributed by atoms with van der Waals surface area (Å²) in [4.78, 5) is 15.9. The van der Waals surface area contributed by atoms with E-state index in [2.05, 4.69) is 48.4 Å². The third-order valence-electron chi connectivity index (χ3n) is 5.40. The highest BCUT2D eigenvalue weighted by Gasteiger charge is 2.44. The Labute approximate surface area is 142 Å². The number of amides is 1. The van der Waals surface area contributed by atoms with Crippen LogP contribution in [0.4, 0.5) is 0 Å². The van der Waals surface area contributed by atoms with Gasteiger partial charge in [-0.3, -0.25) is 4.79 Å². The zero-order chi connectivity index (χ0) is 16.7. The van der Waals surface area contributed by atoms with Gasteiger partial charge >= 0.3 is 0 Å². The lowest BCUT2D eigenvalue weighted by Crippen LogP contribution is -2.32. The van der Waals surface area contributed by atoms with Crippen molar-refractivity contribution in [2.24, 2.45) is 0 Å². The molecule has 0 spiro atoms. The predicted molar refractivity (Wildman–Crippen MR) is 97.5 cm³/mol. The molecule has 0 saturated heterocycles. The number of carbonyl (C=O) groups is 1. The molecule has 1 aromatic heterocycles. The Balaban J connectivity index is 1.52. The molecule has 24 heavy (non-hydrogen) atoms. The quantitative estimate of drug-likeness (QED) is 0.742. The molecule has 4 rings (SSSR count). The Morgan fingerprint density at radius 2 is 1.88 bits per heavy atom. The van der Waals surface area contributed by atoms with Gasteiger partial charge in [0.1, 0.15) is 0 Å². The van der Waals surface area contributed by atoms with Crippen LogP contribution in [-0.2, 0) is 5.41 Å². The molecule has 0 unspecified atom stereocenters. The molecule has 2 N–H and O–H groups in total. The smallest absolute Gasteiger partial charge is 0.251 e. The van der Waals surface area contributed by atoms with Gasteiger partial charge in [0.2, 0.25) is 0 Å². The maximum atomic E-state index is 12.6. The van der Waals surface area contributed by atoms with E-state index < -0.39 is 0 Å². The van der Waals surface area contributed by atoms with E-state index in [1.807, 2.05) is 24.3 Å². The number of aromatic amines is 1. The fraction of sp³-hybridized carbons (Fsp3) is 0.286. The molecule has 122 valence electrons. The van der Waals surface area contributed by atoms with Crippen molar-refractivity contribution in [3.05, 3.63) is 70.9 Å². The molecule has 0 bridgehead atoms. The Morgan fingerprint density at radius 3 is 2.58 bits per heavy atom. The van der Waals surface area contributed by atoms with Crippen LogP contribution in [-0.4, -0.2) is 17.4 Å². The highest BCUT2D eigenvalue weighted by molar-refractivity contribution is 5.99. The van der Waals surface area contributed by atoms with Gasteiger partial charge in [0.25, 0.3) is 5.91 Å². The van der Waals surface area contributed by atoms with Crippen molar-refractivity contribution in [2.45, 2.75) is 32.1 Å². The first-order valence-corrected chi connectivity index (χ1v) is 8.52. The van der Waals surface area contributed by atoms with Crippen LogP contribution in [0, 0.1) is 13.8 Å². The van der Waals surface area contributed by atoms with Crippen molar-refractivity contribution in [3.63, 3.8) is 0 Å². The second-order valence-electron chi connectivity index (χ2n) is 6.96. The van der Waals surface area contributed by atoms with Crippen LogP contribution in [0.15, 0.2) is 48.5 Å². The minimum Gasteiger partial charge on any atom is -0.358 e. The summed E-state index contributed by atoms with van der Waals surface area (Å²) in [6.07, 6.45) is 2.29. The third-order valence-corrected chi connectivity index (χ3v) is 5.40. The molecule has 3 nitrogen and oxygen atoms in total. The number of hydrogen-bond donors (Lipinski definition) is 2. The highest BCUT2D eigenvalue weighted by atomic mass is 16.1. The maximum absolute atomic E-state index is 12.6. The van der Waals surface area contributed by atoms with Gasteiger partial charge in [-0.05, 0) is 56.0 Å². The summed E-state index contributed by atoms with van der Waals surface area (Å²) < 4.78 is 0. The minimum absolute atomic E-state index is 0.0114. The van der Waals surface area contributed by atoms with Crippen LogP contribution >= 0.6 is 0 Å². The molecule has 3 heteroatoms. The molecule has 1 aliphatic rings. The Morgan fingerprint density at radius 1 is 1.12 bits per heavy atom. The Hall–Kier alpha value is -2.55. The van der Waals surface area contributed by atoms with Gasteiger partial charge in [0.15, 0.2) is 0 Å². The van der Waals surface area contributed by atoms with Crippen molar-refractivity contribution >= 4 is 16.8 Å². The molecule has 0 aliphatic heterocycles. The second-order valence-corrected chi connectivity index (χ2v) is 6.96. The number of aromatic nitrogens is 1. The summed E-state index contributed by atoms with van der Waals surface area (Å²) >= 11 is 0. The number of rotatable bonds is 4. The summed E-state index contributed by atoms with van der Waals surface area (Å²) in [5, 5.41) is 4.27. The third kappa shape index (κ3) is 2.50. The van der Waals surface area contributed by atoms with E-state index >= 15 is 0 Å². The molecule has 3 aromatic rings. The lowest BCUT2D eigenvalue weighted by molar-refractivity contribution is 0.0950. The SMILES string of the molecule is Cc1[nH]c2ccc(C(=O)NCC3(c4ccccc4)CC3)cc2c1C. The van der Waals surface area contributed by atoms with Crippen LogP contribution in [0.3, 0.4) is 0 Å². The molecule has 2 aromatic carbocycles. The summed E-state index contributed by atoms with van der Waals surface area (Å²) in [7, 11) is 0. The van der Waals surface area contributed by atoms with E-state index in [-0.39, 0.29) is 11.3 Å². The van der Waals surface area contributed by atoms with E-state index in [0.29, 0.717) is 6.54 Å². The van der Waals surface area contributed by atoms with Gasteiger partial charge in [0.05, 0.1) is 0 Å². The normalized spacial score (nSPS) is 15.4. The number of aryl methyl sites for hydroxylation is 2. The summed E-state index contributed by atoms with van der Waals surface area (Å²) in [5.41, 5.74) is 5.66. The van der Waals surface area contributed by atoms with E-state index in [0.717, 1.165) is 35.0 Å². The Bertz CT molecular complexity index is 904. The molecule has 1 saturated carbocycles. The zero-order valence-corrected chi connectivity index (χ0v) is 14.1. The van der Waals surface area contributed by atoms with Gasteiger partial charge in [-0.25, -0.2) is 0 Å². The van der Waals surface area contributed by atoms with Crippen LogP contribution < -0.4 is 5.32 Å². The van der Waals surface area contributed by atoms with Crippen LogP contribution in [0.1, 0.15) is 40.0 Å². The van der Waals surface area contributed by atoms with E-state index in [1.54, 1.807) is 0 Å². The second kappa shape index (κ2) is 5.52. The molecule has 0 radical (unpaired) electrons. The molecule has 1 heterocycles. The van der Waals surface area contributed by atoms with Crippen LogP contribution in [0.2, 0.25) is 0 Å². The maximum Gasteiger partial charge on any atom is 0.251 e. The van der Waals surface area contributed by atoms with Gasteiger partial charge in [-0.1, -0.05) is 30.3 Å². The molecular formula is C21H22N2O. The van der Waals surface area contributed by atoms with Crippen molar-refractivity contribution in [1.82, 2.24) is 10.3 Å². The first-order valence-electron chi connectivity index (χ1n) is 8.52. The number of hydrogen-bond acceptors (Lipinski definition) is 1. The van der Waals surface area contributed by atoms with Crippen molar-refractivity contribution in [3.8, 4) is 0 Å². The average Bonchev–Trinajstić information content (AvgIpc) is 3.36. The minimum atomic E-state index is 0.0114. The first-order chi connectivity index (χ1) is 11.6. The molecule has 0 atom stereocenters. The highest BCUT2D eigenvalue weighted by Crippen LogP contribution is 2.47. The molecule has 1 aliphatic carbocycles. The van der Waals surface area contributed by atoms with Gasteiger partial charge in [-0.2, -0.15) is 0 Å². The molecule has 1 fully saturated rings. The van der Waals surface area contributed by atoms with Crippen molar-refractivity contribution < 1.29 is 4.79 Å². The molecular weight excluding hydrogens is 296 g/mol. The van der Waals surface area contributed by atoms with Crippen molar-refractivity contribution in [2.75, 3.05) is 6.54 Å². The number of benzene rings is 2. The predicted octanol–water partition coefficient (Wildman–Crippen LogP) is 4.25. The largest absolute Gasteiger partial charge is 0.358 e. The van der Waals surface area contributed by atoms with Crippen LogP contribution in [0.5, 0.6) is 0 Å². The summed E-state index contributed by atoms with van der Waals surface area (Å²) in [6, 6.07) is 16.4. The van der Waals surface area contributed by atoms with Gasteiger partial charge in [0, 0.05) is 34.1 Å². The first kappa shape index (κ1) is 15.0. The van der Waals surface area contributed by atoms with Gasteiger partial charge in [-0.15, -0.1) is 0 Å². The number of fused-ring (bicyclic) bond motifs is 1. The average molecular weight is 318 g/mol. The summed E-state index contributed by atoms with van der Waals surface area (Å²) in [6.45, 7) is 4.86. The number of nitrogens with one attached hydrogen (secondary N) is 2. The topological polar surface area (TPSA) is 44.9 Å². The number of carbonyl (C=O) groups excluding carboxylic acids is 1. The fourth-order valence-electron chi connectivity index (χ4n) is 3.46. The zero-order valence-electron chi connectivity index (χ0n) is 14.1. The Kier molecular flexibility index (Phi) is 3.45. The number of H-pyrrole nitrogens is 1. The standard InChI is InChI=1S/C21H22N2O/c1-14-15(2)23-19-9-8-16(12-18(14)19)20(24)22-13-21(10-11-21)17-6-4-3-5-7-17/h3-9,12,23H,10-11,13H2,1-2H3,(H,22,24). The monoisotopic (exact) mass is 318 g/mol.